The molecule has 2 aliphatic rings. The first kappa shape index (κ1) is 24.8. The van der Waals surface area contributed by atoms with E-state index >= 15 is 0 Å². The number of hydrogen-bond acceptors (Lipinski definition) is 10. The molecule has 13 nitrogen and oxygen atoms in total. The van der Waals surface area contributed by atoms with Crippen LogP contribution < -0.4 is 4.74 Å². The van der Waals surface area contributed by atoms with Crippen LogP contribution in [0.5, 0.6) is 11.5 Å². The molecule has 0 N–H and O–H groups in total. The summed E-state index contributed by atoms with van der Waals surface area (Å²) in [5.41, 5.74) is -0.455. The van der Waals surface area contributed by atoms with Crippen LogP contribution in [0.3, 0.4) is 0 Å². The zero-order valence-electron chi connectivity index (χ0n) is 18.5. The van der Waals surface area contributed by atoms with E-state index in [2.05, 4.69) is 0 Å². The van der Waals surface area contributed by atoms with Crippen molar-refractivity contribution in [3.63, 3.8) is 0 Å². The molecule has 14 heteroatoms. The Morgan fingerprint density at radius 2 is 1.75 bits per heavy atom. The molecule has 2 saturated heterocycles. The molecule has 0 radical (unpaired) electrons. The van der Waals surface area contributed by atoms with Gasteiger partial charge in [-0.2, -0.15) is 0 Å². The third-order valence-corrected chi connectivity index (χ3v) is 6.19. The number of imide groups is 1. The molecule has 186 valence electrons. The quantitative estimate of drug-likeness (QED) is 0.305. The largest absolute Gasteiger partial charge is 0.450 e. The van der Waals surface area contributed by atoms with Gasteiger partial charge in [0.15, 0.2) is 0 Å². The Kier molecular flexibility index (Phi) is 7.26. The fourth-order valence-electron chi connectivity index (χ4n) is 3.44. The van der Waals surface area contributed by atoms with Gasteiger partial charge in [-0.05, 0) is 41.6 Å². The monoisotopic (exact) mass is 514 g/mol. The van der Waals surface area contributed by atoms with Gasteiger partial charge in [-0.25, -0.2) is 0 Å². The van der Waals surface area contributed by atoms with Crippen LogP contribution in [0.15, 0.2) is 47.4 Å². The normalized spacial score (nSPS) is 16.9. The van der Waals surface area contributed by atoms with Crippen LogP contribution in [-0.4, -0.2) is 69.5 Å². The Bertz CT molecular complexity index is 1270. The van der Waals surface area contributed by atoms with E-state index in [0.29, 0.717) is 31.9 Å². The summed E-state index contributed by atoms with van der Waals surface area (Å²) in [6.07, 6.45) is 1.49. The zero-order chi connectivity index (χ0) is 25.8. The molecule has 2 aliphatic heterocycles. The van der Waals surface area contributed by atoms with Crippen LogP contribution in [-0.2, 0) is 14.3 Å². The van der Waals surface area contributed by atoms with E-state index in [-0.39, 0.29) is 28.9 Å². The molecule has 2 fully saturated rings. The molecule has 2 aromatic carbocycles. The minimum Gasteiger partial charge on any atom is -0.450 e. The summed E-state index contributed by atoms with van der Waals surface area (Å²) < 4.78 is 10.7. The summed E-state index contributed by atoms with van der Waals surface area (Å²) in [5, 5.41) is 21.6. The van der Waals surface area contributed by atoms with Crippen molar-refractivity contribution in [1.82, 2.24) is 9.80 Å². The number of thioether (sulfide) groups is 1. The molecule has 4 rings (SSSR count). The molecule has 2 aromatic rings. The standard InChI is InChI=1S/C22H18N4O9S/c27-20(23-7-9-34-10-8-23)13-24-21(28)19(36-22(24)29)11-14-1-4-16(5-2-14)35-18-6-3-15(25(30)31)12-17(18)26(32)33/h1-6,11-12H,7-10,13H2/b19-11+. The summed E-state index contributed by atoms with van der Waals surface area (Å²) in [7, 11) is 0. The fraction of sp³-hybridized carbons (Fsp3) is 0.227. The second-order valence-corrected chi connectivity index (χ2v) is 8.59. The van der Waals surface area contributed by atoms with Gasteiger partial charge in [0, 0.05) is 19.2 Å². The van der Waals surface area contributed by atoms with Crippen LogP contribution >= 0.6 is 11.8 Å². The van der Waals surface area contributed by atoms with E-state index < -0.39 is 32.4 Å². The number of amides is 3. The number of nitrogens with zero attached hydrogens (tertiary/aromatic N) is 4. The van der Waals surface area contributed by atoms with E-state index in [4.69, 9.17) is 9.47 Å². The minimum absolute atomic E-state index is 0.148. The lowest BCUT2D eigenvalue weighted by Crippen LogP contribution is -2.46. The molecule has 0 aliphatic carbocycles. The first-order valence-electron chi connectivity index (χ1n) is 10.5. The van der Waals surface area contributed by atoms with E-state index in [1.807, 2.05) is 0 Å². The first-order valence-corrected chi connectivity index (χ1v) is 11.4. The Hall–Kier alpha value is -4.30. The maximum atomic E-state index is 12.7. The maximum Gasteiger partial charge on any atom is 0.318 e. The van der Waals surface area contributed by atoms with Crippen LogP contribution in [0.1, 0.15) is 5.56 Å². The van der Waals surface area contributed by atoms with Gasteiger partial charge in [-0.15, -0.1) is 0 Å². The van der Waals surface area contributed by atoms with Crippen molar-refractivity contribution >= 4 is 46.3 Å². The number of nitro groups is 2. The van der Waals surface area contributed by atoms with E-state index in [1.54, 1.807) is 17.0 Å². The summed E-state index contributed by atoms with van der Waals surface area (Å²) in [4.78, 5) is 60.7. The molecule has 0 unspecified atom stereocenters. The van der Waals surface area contributed by atoms with Gasteiger partial charge in [-0.3, -0.25) is 39.5 Å². The van der Waals surface area contributed by atoms with Crippen LogP contribution in [0.4, 0.5) is 16.2 Å². The van der Waals surface area contributed by atoms with Crippen molar-refractivity contribution in [2.75, 3.05) is 32.8 Å². The van der Waals surface area contributed by atoms with E-state index in [0.717, 1.165) is 34.9 Å². The number of morpholine rings is 1. The average Bonchev–Trinajstić information content (AvgIpc) is 3.12. The molecule has 36 heavy (non-hydrogen) atoms. The number of rotatable bonds is 7. The predicted molar refractivity (Wildman–Crippen MR) is 126 cm³/mol. The summed E-state index contributed by atoms with van der Waals surface area (Å²) in [5.74, 6) is -0.866. The zero-order valence-corrected chi connectivity index (χ0v) is 19.3. The molecular formula is C22H18N4O9S. The molecule has 0 spiro atoms. The van der Waals surface area contributed by atoms with Crippen molar-refractivity contribution in [1.29, 1.82) is 0 Å². The van der Waals surface area contributed by atoms with Gasteiger partial charge in [0.05, 0.1) is 34.0 Å². The van der Waals surface area contributed by atoms with Gasteiger partial charge in [0.25, 0.3) is 16.8 Å². The number of non-ortho nitro benzene ring substituents is 1. The molecular weight excluding hydrogens is 496 g/mol. The number of carbonyl (C=O) groups is 3. The van der Waals surface area contributed by atoms with Crippen molar-refractivity contribution in [2.45, 2.75) is 0 Å². The van der Waals surface area contributed by atoms with Crippen LogP contribution in [0.2, 0.25) is 0 Å². The van der Waals surface area contributed by atoms with E-state index in [1.165, 1.54) is 18.2 Å². The fourth-order valence-corrected chi connectivity index (χ4v) is 4.28. The van der Waals surface area contributed by atoms with Gasteiger partial charge >= 0.3 is 5.69 Å². The number of nitro benzene ring substituents is 2. The average molecular weight is 514 g/mol. The molecule has 0 aromatic heterocycles. The number of benzene rings is 2. The molecule has 2 heterocycles. The highest BCUT2D eigenvalue weighted by molar-refractivity contribution is 8.18. The smallest absolute Gasteiger partial charge is 0.318 e. The summed E-state index contributed by atoms with van der Waals surface area (Å²) in [6, 6.07) is 9.16. The number of ether oxygens (including phenoxy) is 2. The highest BCUT2D eigenvalue weighted by atomic mass is 32.2. The third-order valence-electron chi connectivity index (χ3n) is 5.29. The van der Waals surface area contributed by atoms with Gasteiger partial charge < -0.3 is 14.4 Å². The minimum atomic E-state index is -0.781. The molecule has 3 amide bonds. The summed E-state index contributed by atoms with van der Waals surface area (Å²) >= 11 is 0.723. The van der Waals surface area contributed by atoms with Gasteiger partial charge in [0.2, 0.25) is 11.7 Å². The Labute approximate surface area is 207 Å². The van der Waals surface area contributed by atoms with Crippen molar-refractivity contribution in [3.05, 3.63) is 73.2 Å². The third kappa shape index (κ3) is 5.50. The van der Waals surface area contributed by atoms with Crippen LogP contribution in [0, 0.1) is 20.2 Å². The molecule has 0 saturated carbocycles. The lowest BCUT2D eigenvalue weighted by Gasteiger charge is -2.28. The maximum absolute atomic E-state index is 12.7. The molecule has 0 bridgehead atoms. The topological polar surface area (TPSA) is 162 Å². The number of hydrogen-bond donors (Lipinski definition) is 0. The summed E-state index contributed by atoms with van der Waals surface area (Å²) in [6.45, 7) is 1.28. The first-order chi connectivity index (χ1) is 17.2. The second kappa shape index (κ2) is 10.5. The molecule has 0 atom stereocenters. The van der Waals surface area contributed by atoms with E-state index in [9.17, 15) is 34.6 Å². The Balaban J connectivity index is 1.44. The number of carbonyl (C=O) groups excluding carboxylic acids is 3. The SMILES string of the molecule is O=C(CN1C(=O)S/C(=C/c2ccc(Oc3ccc([N+](=O)[O-])cc3[N+](=O)[O-])cc2)C1=O)N1CCOCC1. The highest BCUT2D eigenvalue weighted by Gasteiger charge is 2.37. The van der Waals surface area contributed by atoms with Gasteiger partial charge in [-0.1, -0.05) is 12.1 Å². The lowest BCUT2D eigenvalue weighted by molar-refractivity contribution is -0.394. The highest BCUT2D eigenvalue weighted by Crippen LogP contribution is 2.35. The lowest BCUT2D eigenvalue weighted by atomic mass is 10.2. The van der Waals surface area contributed by atoms with Gasteiger partial charge in [0.1, 0.15) is 12.3 Å². The van der Waals surface area contributed by atoms with Crippen molar-refractivity contribution in [2.24, 2.45) is 0 Å². The van der Waals surface area contributed by atoms with Crippen LogP contribution in [0.25, 0.3) is 6.08 Å². The van der Waals surface area contributed by atoms with Crippen molar-refractivity contribution < 1.29 is 33.7 Å². The Morgan fingerprint density at radius 1 is 1.06 bits per heavy atom. The second-order valence-electron chi connectivity index (χ2n) is 7.60. The predicted octanol–water partition coefficient (Wildman–Crippen LogP) is 3.19. The van der Waals surface area contributed by atoms with Crippen molar-refractivity contribution in [3.8, 4) is 11.5 Å². The Morgan fingerprint density at radius 3 is 2.39 bits per heavy atom.